The minimum Gasteiger partial charge on any atom is -0.323 e. The molecular weight excluding hydrogens is 277 g/mol. The number of nitrogens with two attached hydrogens (primary N) is 1. The van der Waals surface area contributed by atoms with Crippen LogP contribution in [0.15, 0.2) is 22.7 Å². The molecule has 1 nitrogen and oxygen atoms in total. The van der Waals surface area contributed by atoms with Crippen LogP contribution in [0.1, 0.15) is 25.5 Å². The molecule has 1 atom stereocenters. The van der Waals surface area contributed by atoms with Gasteiger partial charge in [-0.25, -0.2) is 4.39 Å². The van der Waals surface area contributed by atoms with Gasteiger partial charge in [0.1, 0.15) is 5.82 Å². The third-order valence-corrected chi connectivity index (χ3v) is 3.68. The number of thioether (sulfide) groups is 1. The standard InChI is InChI=1S/C11H15BrFNS/c1-7(2)15-6-11(14)9-5-8(12)3-4-10(9)13/h3-5,7,11H,6,14H2,1-2H3. The van der Waals surface area contributed by atoms with Crippen molar-refractivity contribution in [1.29, 1.82) is 0 Å². The second-order valence-electron chi connectivity index (χ2n) is 3.65. The minimum absolute atomic E-state index is 0.227. The molecule has 4 heteroatoms. The van der Waals surface area contributed by atoms with Gasteiger partial charge in [-0.3, -0.25) is 0 Å². The van der Waals surface area contributed by atoms with Gasteiger partial charge in [-0.15, -0.1) is 0 Å². The van der Waals surface area contributed by atoms with E-state index in [-0.39, 0.29) is 11.9 Å². The van der Waals surface area contributed by atoms with Gasteiger partial charge in [0.15, 0.2) is 0 Å². The Hall–Kier alpha value is -0.0600. The average Bonchev–Trinajstić information content (AvgIpc) is 2.18. The Balaban J connectivity index is 2.72. The molecule has 1 rings (SSSR count). The first-order chi connectivity index (χ1) is 7.00. The number of halogens is 2. The molecular formula is C11H15BrFNS. The molecule has 84 valence electrons. The van der Waals surface area contributed by atoms with Crippen LogP contribution in [0, 0.1) is 5.82 Å². The van der Waals surface area contributed by atoms with E-state index < -0.39 is 0 Å². The highest BCUT2D eigenvalue weighted by atomic mass is 79.9. The zero-order valence-electron chi connectivity index (χ0n) is 8.84. The summed E-state index contributed by atoms with van der Waals surface area (Å²) in [4.78, 5) is 0. The van der Waals surface area contributed by atoms with Crippen molar-refractivity contribution in [3.05, 3.63) is 34.1 Å². The van der Waals surface area contributed by atoms with Crippen molar-refractivity contribution >= 4 is 27.7 Å². The van der Waals surface area contributed by atoms with Crippen molar-refractivity contribution in [3.8, 4) is 0 Å². The monoisotopic (exact) mass is 291 g/mol. The van der Waals surface area contributed by atoms with Gasteiger partial charge in [0.05, 0.1) is 0 Å². The summed E-state index contributed by atoms with van der Waals surface area (Å²) >= 11 is 5.06. The first-order valence-corrected chi connectivity index (χ1v) is 6.67. The van der Waals surface area contributed by atoms with Crippen molar-refractivity contribution < 1.29 is 4.39 Å². The van der Waals surface area contributed by atoms with Gasteiger partial charge >= 0.3 is 0 Å². The van der Waals surface area contributed by atoms with E-state index in [1.807, 2.05) is 0 Å². The smallest absolute Gasteiger partial charge is 0.128 e. The molecule has 0 aliphatic rings. The zero-order valence-corrected chi connectivity index (χ0v) is 11.2. The van der Waals surface area contributed by atoms with Crippen LogP contribution in [-0.4, -0.2) is 11.0 Å². The van der Waals surface area contributed by atoms with Crippen LogP contribution in [0.4, 0.5) is 4.39 Å². The van der Waals surface area contributed by atoms with Gasteiger partial charge in [0.25, 0.3) is 0 Å². The van der Waals surface area contributed by atoms with E-state index in [4.69, 9.17) is 5.73 Å². The van der Waals surface area contributed by atoms with Crippen LogP contribution in [-0.2, 0) is 0 Å². The van der Waals surface area contributed by atoms with Gasteiger partial charge in [-0.2, -0.15) is 11.8 Å². The third kappa shape index (κ3) is 4.13. The Morgan fingerprint density at radius 3 is 2.73 bits per heavy atom. The minimum atomic E-state index is -0.241. The number of hydrogen-bond acceptors (Lipinski definition) is 2. The summed E-state index contributed by atoms with van der Waals surface area (Å²) in [6.07, 6.45) is 0. The molecule has 0 aromatic heterocycles. The largest absolute Gasteiger partial charge is 0.323 e. The number of rotatable bonds is 4. The highest BCUT2D eigenvalue weighted by Crippen LogP contribution is 2.24. The summed E-state index contributed by atoms with van der Waals surface area (Å²) in [6.45, 7) is 4.21. The van der Waals surface area contributed by atoms with E-state index >= 15 is 0 Å². The normalized spacial score (nSPS) is 13.2. The van der Waals surface area contributed by atoms with E-state index in [2.05, 4.69) is 29.8 Å². The fourth-order valence-corrected chi connectivity index (χ4v) is 2.34. The molecule has 0 saturated carbocycles. The van der Waals surface area contributed by atoms with Crippen molar-refractivity contribution in [1.82, 2.24) is 0 Å². The molecule has 1 aromatic carbocycles. The van der Waals surface area contributed by atoms with Crippen molar-refractivity contribution in [2.45, 2.75) is 25.1 Å². The van der Waals surface area contributed by atoms with Crippen LogP contribution in [0.3, 0.4) is 0 Å². The van der Waals surface area contributed by atoms with Gasteiger partial charge in [0, 0.05) is 21.8 Å². The first kappa shape index (κ1) is 13.0. The Morgan fingerprint density at radius 2 is 2.13 bits per heavy atom. The highest BCUT2D eigenvalue weighted by molar-refractivity contribution is 9.10. The van der Waals surface area contributed by atoms with E-state index in [0.29, 0.717) is 10.8 Å². The van der Waals surface area contributed by atoms with Crippen molar-refractivity contribution in [2.24, 2.45) is 5.73 Å². The summed E-state index contributed by atoms with van der Waals surface area (Å²) in [6, 6.07) is 4.64. The highest BCUT2D eigenvalue weighted by Gasteiger charge is 2.12. The molecule has 0 fully saturated rings. The first-order valence-electron chi connectivity index (χ1n) is 4.83. The lowest BCUT2D eigenvalue weighted by molar-refractivity contribution is 0.595. The Bertz CT molecular complexity index is 330. The summed E-state index contributed by atoms with van der Waals surface area (Å²) in [5.74, 6) is 0.514. The molecule has 0 radical (unpaired) electrons. The Labute approximate surface area is 103 Å². The third-order valence-electron chi connectivity index (χ3n) is 1.97. The molecule has 0 aliphatic carbocycles. The summed E-state index contributed by atoms with van der Waals surface area (Å²) in [5.41, 5.74) is 6.51. The molecule has 15 heavy (non-hydrogen) atoms. The molecule has 1 unspecified atom stereocenters. The van der Waals surface area contributed by atoms with Gasteiger partial charge in [0.2, 0.25) is 0 Å². The van der Waals surface area contributed by atoms with Crippen molar-refractivity contribution in [2.75, 3.05) is 5.75 Å². The van der Waals surface area contributed by atoms with E-state index in [1.165, 1.54) is 6.07 Å². The molecule has 0 bridgehead atoms. The Kier molecular flexibility index (Phi) is 5.09. The summed E-state index contributed by atoms with van der Waals surface area (Å²) in [7, 11) is 0. The predicted molar refractivity (Wildman–Crippen MR) is 68.6 cm³/mol. The maximum absolute atomic E-state index is 13.4. The van der Waals surface area contributed by atoms with Crippen LogP contribution in [0.5, 0.6) is 0 Å². The van der Waals surface area contributed by atoms with Crippen LogP contribution in [0.25, 0.3) is 0 Å². The van der Waals surface area contributed by atoms with Crippen LogP contribution in [0.2, 0.25) is 0 Å². The maximum Gasteiger partial charge on any atom is 0.128 e. The van der Waals surface area contributed by atoms with Crippen LogP contribution >= 0.6 is 27.7 Å². The van der Waals surface area contributed by atoms with Gasteiger partial charge < -0.3 is 5.73 Å². The zero-order chi connectivity index (χ0) is 11.4. The lowest BCUT2D eigenvalue weighted by atomic mass is 10.1. The van der Waals surface area contributed by atoms with E-state index in [1.54, 1.807) is 23.9 Å². The summed E-state index contributed by atoms with van der Waals surface area (Å²) < 4.78 is 14.3. The molecule has 2 N–H and O–H groups in total. The van der Waals surface area contributed by atoms with Gasteiger partial charge in [-0.1, -0.05) is 29.8 Å². The fourth-order valence-electron chi connectivity index (χ4n) is 1.18. The second-order valence-corrected chi connectivity index (χ2v) is 6.18. The molecule has 1 aromatic rings. The van der Waals surface area contributed by atoms with Gasteiger partial charge in [-0.05, 0) is 23.4 Å². The number of hydrogen-bond donors (Lipinski definition) is 1. The quantitative estimate of drug-likeness (QED) is 0.915. The Morgan fingerprint density at radius 1 is 1.47 bits per heavy atom. The summed E-state index contributed by atoms with van der Waals surface area (Å²) in [5, 5.41) is 0.520. The second kappa shape index (κ2) is 5.87. The van der Waals surface area contributed by atoms with E-state index in [9.17, 15) is 4.39 Å². The fraction of sp³-hybridized carbons (Fsp3) is 0.455. The van der Waals surface area contributed by atoms with E-state index in [0.717, 1.165) is 10.2 Å². The molecule has 0 spiro atoms. The predicted octanol–water partition coefficient (Wildman–Crippen LogP) is 3.73. The topological polar surface area (TPSA) is 26.0 Å². The number of benzene rings is 1. The lowest BCUT2D eigenvalue weighted by Crippen LogP contribution is -2.15. The SMILES string of the molecule is CC(C)SCC(N)c1cc(Br)ccc1F. The molecule has 0 heterocycles. The molecule has 0 amide bonds. The molecule has 0 saturated heterocycles. The molecule has 0 aliphatic heterocycles. The lowest BCUT2D eigenvalue weighted by Gasteiger charge is -2.14. The maximum atomic E-state index is 13.4. The van der Waals surface area contributed by atoms with Crippen molar-refractivity contribution in [3.63, 3.8) is 0 Å². The average molecular weight is 292 g/mol. The van der Waals surface area contributed by atoms with Crippen LogP contribution < -0.4 is 5.73 Å².